The predicted molar refractivity (Wildman–Crippen MR) is 103 cm³/mol. The summed E-state index contributed by atoms with van der Waals surface area (Å²) in [6.07, 6.45) is 0.258. The topological polar surface area (TPSA) is 88.4 Å². The molecule has 0 aliphatic carbocycles. The summed E-state index contributed by atoms with van der Waals surface area (Å²) in [6, 6.07) is 6.18. The second-order valence-corrected chi connectivity index (χ2v) is 6.31. The number of pyridine rings is 2. The maximum atomic E-state index is 12.8. The highest BCUT2D eigenvalue weighted by Gasteiger charge is 2.30. The molecule has 0 fully saturated rings. The quantitative estimate of drug-likeness (QED) is 0.356. The van der Waals surface area contributed by atoms with Crippen molar-refractivity contribution < 1.29 is 32.2 Å². The Morgan fingerprint density at radius 2 is 1.97 bits per heavy atom. The van der Waals surface area contributed by atoms with Gasteiger partial charge in [0, 0.05) is 31.1 Å². The van der Waals surface area contributed by atoms with E-state index in [9.17, 15) is 18.0 Å². The number of ether oxygens (including phenoxy) is 3. The monoisotopic (exact) mass is 436 g/mol. The van der Waals surface area contributed by atoms with Gasteiger partial charge < -0.3 is 14.2 Å². The summed E-state index contributed by atoms with van der Waals surface area (Å²) in [7, 11) is 1.54. The molecule has 3 aromatic rings. The van der Waals surface area contributed by atoms with Gasteiger partial charge in [-0.05, 0) is 12.1 Å². The lowest BCUT2D eigenvalue weighted by molar-refractivity contribution is -0.142. The summed E-state index contributed by atoms with van der Waals surface area (Å²) >= 11 is 0. The van der Waals surface area contributed by atoms with Crippen LogP contribution in [0.2, 0.25) is 0 Å². The van der Waals surface area contributed by atoms with Crippen molar-refractivity contribution in [3.63, 3.8) is 0 Å². The first-order valence-corrected chi connectivity index (χ1v) is 9.14. The number of aromatic nitrogens is 4. The van der Waals surface area contributed by atoms with Crippen molar-refractivity contribution in [2.45, 2.75) is 19.3 Å². The van der Waals surface area contributed by atoms with E-state index in [1.807, 2.05) is 0 Å². The van der Waals surface area contributed by atoms with Gasteiger partial charge in [0.25, 0.3) is 0 Å². The molecule has 164 valence electrons. The lowest BCUT2D eigenvalue weighted by atomic mass is 10.1. The van der Waals surface area contributed by atoms with Gasteiger partial charge in [-0.2, -0.15) is 18.3 Å². The predicted octanol–water partition coefficient (Wildman–Crippen LogP) is 3.32. The average Bonchev–Trinajstić information content (AvgIpc) is 3.19. The van der Waals surface area contributed by atoms with E-state index in [0.29, 0.717) is 24.2 Å². The lowest BCUT2D eigenvalue weighted by Crippen LogP contribution is -2.19. The van der Waals surface area contributed by atoms with Gasteiger partial charge in [0.15, 0.2) is 6.29 Å². The lowest BCUT2D eigenvalue weighted by Gasteiger charge is -2.14. The molecular formula is C20H19F3N4O4. The van der Waals surface area contributed by atoms with Crippen LogP contribution in [0, 0.1) is 0 Å². The zero-order valence-electron chi connectivity index (χ0n) is 16.5. The Labute approximate surface area is 175 Å². The fourth-order valence-corrected chi connectivity index (χ4v) is 2.73. The fraction of sp³-hybridized carbons (Fsp3) is 0.300. The molecule has 8 nitrogen and oxygen atoms in total. The van der Waals surface area contributed by atoms with Gasteiger partial charge in [-0.3, -0.25) is 14.5 Å². The molecule has 31 heavy (non-hydrogen) atoms. The molecule has 0 saturated heterocycles. The molecule has 3 rings (SSSR count). The summed E-state index contributed by atoms with van der Waals surface area (Å²) in [5.74, 6) is 0.442. The van der Waals surface area contributed by atoms with Crippen LogP contribution in [0.25, 0.3) is 11.4 Å². The van der Waals surface area contributed by atoms with Gasteiger partial charge in [0.2, 0.25) is 5.88 Å². The van der Waals surface area contributed by atoms with Crippen molar-refractivity contribution in [1.29, 1.82) is 0 Å². The molecule has 0 aromatic carbocycles. The molecule has 0 aliphatic heterocycles. The van der Waals surface area contributed by atoms with Gasteiger partial charge in [0.1, 0.15) is 25.5 Å². The average molecular weight is 436 g/mol. The highest BCUT2D eigenvalue weighted by molar-refractivity contribution is 5.79. The van der Waals surface area contributed by atoms with E-state index in [1.165, 1.54) is 37.8 Å². The van der Waals surface area contributed by atoms with Crippen molar-refractivity contribution in [1.82, 2.24) is 19.7 Å². The minimum atomic E-state index is -4.43. The van der Waals surface area contributed by atoms with Crippen molar-refractivity contribution in [2.75, 3.05) is 20.3 Å². The van der Waals surface area contributed by atoms with Crippen molar-refractivity contribution in [3.8, 4) is 23.0 Å². The molecule has 0 saturated carbocycles. The normalized spacial score (nSPS) is 11.4. The molecule has 0 radical (unpaired) electrons. The fourth-order valence-electron chi connectivity index (χ4n) is 2.73. The largest absolute Gasteiger partial charge is 0.486 e. The van der Waals surface area contributed by atoms with E-state index in [0.717, 1.165) is 4.68 Å². The van der Waals surface area contributed by atoms with Crippen LogP contribution in [0.4, 0.5) is 13.2 Å². The SMILES string of the molecule is COCCOc1cc(C=O)c(OCc2cccnc2-c2ccnn2CC(F)(F)F)cn1. The Bertz CT molecular complexity index is 1020. The molecule has 11 heteroatoms. The zero-order chi connectivity index (χ0) is 22.3. The zero-order valence-corrected chi connectivity index (χ0v) is 16.5. The highest BCUT2D eigenvalue weighted by Crippen LogP contribution is 2.27. The molecule has 0 aliphatic rings. The van der Waals surface area contributed by atoms with E-state index >= 15 is 0 Å². The number of carbonyl (C=O) groups is 1. The minimum Gasteiger partial charge on any atom is -0.486 e. The number of halogens is 3. The number of nitrogens with zero attached hydrogens (tertiary/aromatic N) is 4. The molecular weight excluding hydrogens is 417 g/mol. The van der Waals surface area contributed by atoms with E-state index in [-0.39, 0.29) is 36.1 Å². The van der Waals surface area contributed by atoms with Gasteiger partial charge in [0.05, 0.1) is 29.8 Å². The van der Waals surface area contributed by atoms with Crippen LogP contribution in [-0.4, -0.2) is 52.5 Å². The molecule has 0 bridgehead atoms. The first-order valence-electron chi connectivity index (χ1n) is 9.14. The summed E-state index contributed by atoms with van der Waals surface area (Å²) in [5.41, 5.74) is 1.23. The number of hydrogen-bond donors (Lipinski definition) is 0. The first kappa shape index (κ1) is 22.2. The smallest absolute Gasteiger partial charge is 0.408 e. The van der Waals surface area contributed by atoms with Crippen LogP contribution < -0.4 is 9.47 Å². The molecule has 0 unspecified atom stereocenters. The van der Waals surface area contributed by atoms with E-state index in [4.69, 9.17) is 14.2 Å². The highest BCUT2D eigenvalue weighted by atomic mass is 19.4. The molecule has 3 aromatic heterocycles. The van der Waals surface area contributed by atoms with Crippen molar-refractivity contribution >= 4 is 6.29 Å². The first-order chi connectivity index (χ1) is 14.9. The third-order valence-corrected chi connectivity index (χ3v) is 4.10. The van der Waals surface area contributed by atoms with Crippen molar-refractivity contribution in [2.24, 2.45) is 0 Å². The standard InChI is InChI=1S/C20H19F3N4O4/c1-29-7-8-30-18-9-15(11-28)17(10-25-18)31-12-14-3-2-5-24-19(14)16-4-6-26-27(16)13-20(21,22)23/h2-6,9-11H,7-8,12-13H2,1H3. The van der Waals surface area contributed by atoms with Crippen molar-refractivity contribution in [3.05, 3.63) is 54.0 Å². The molecule has 3 heterocycles. The van der Waals surface area contributed by atoms with Gasteiger partial charge in [-0.1, -0.05) is 6.07 Å². The van der Waals surface area contributed by atoms with E-state index in [2.05, 4.69) is 15.1 Å². The number of methoxy groups -OCH3 is 1. The number of carbonyl (C=O) groups excluding carboxylic acids is 1. The molecule has 0 N–H and O–H groups in total. The number of rotatable bonds is 10. The van der Waals surface area contributed by atoms with Gasteiger partial charge in [-0.15, -0.1) is 0 Å². The maximum Gasteiger partial charge on any atom is 0.408 e. The van der Waals surface area contributed by atoms with Crippen LogP contribution in [-0.2, 0) is 17.9 Å². The summed E-state index contributed by atoms with van der Waals surface area (Å²) in [4.78, 5) is 19.7. The minimum absolute atomic E-state index is 0.0488. The van der Waals surface area contributed by atoms with E-state index in [1.54, 1.807) is 12.1 Å². The van der Waals surface area contributed by atoms with E-state index < -0.39 is 12.7 Å². The Morgan fingerprint density at radius 1 is 1.13 bits per heavy atom. The summed E-state index contributed by atoms with van der Waals surface area (Å²) < 4.78 is 55.3. The number of alkyl halides is 3. The second kappa shape index (κ2) is 10.0. The van der Waals surface area contributed by atoms with Crippen LogP contribution in [0.15, 0.2) is 42.9 Å². The molecule has 0 amide bonds. The number of hydrogen-bond acceptors (Lipinski definition) is 7. The second-order valence-electron chi connectivity index (χ2n) is 6.31. The van der Waals surface area contributed by atoms with Crippen LogP contribution in [0.1, 0.15) is 15.9 Å². The third kappa shape index (κ3) is 6.01. The Kier molecular flexibility index (Phi) is 7.19. The third-order valence-electron chi connectivity index (χ3n) is 4.10. The maximum absolute atomic E-state index is 12.8. The number of aldehydes is 1. The van der Waals surface area contributed by atoms with Crippen LogP contribution in [0.3, 0.4) is 0 Å². The van der Waals surface area contributed by atoms with Crippen LogP contribution in [0.5, 0.6) is 11.6 Å². The Balaban J connectivity index is 1.78. The molecule has 0 spiro atoms. The van der Waals surface area contributed by atoms with Gasteiger partial charge >= 0.3 is 6.18 Å². The van der Waals surface area contributed by atoms with Crippen LogP contribution >= 0.6 is 0 Å². The Morgan fingerprint density at radius 3 is 2.71 bits per heavy atom. The van der Waals surface area contributed by atoms with Gasteiger partial charge in [-0.25, -0.2) is 4.98 Å². The Hall–Kier alpha value is -3.47. The summed E-state index contributed by atoms with van der Waals surface area (Å²) in [6.45, 7) is -0.652. The summed E-state index contributed by atoms with van der Waals surface area (Å²) in [5, 5.41) is 3.74. The molecule has 0 atom stereocenters.